The van der Waals surface area contributed by atoms with Crippen LogP contribution in [0.4, 0.5) is 27.6 Å². The molecule has 0 aliphatic carbocycles. The van der Waals surface area contributed by atoms with Crippen LogP contribution in [0.25, 0.3) is 0 Å². The maximum absolute atomic E-state index is 13.1. The van der Waals surface area contributed by atoms with Gasteiger partial charge in [-0.2, -0.15) is 13.2 Å². The summed E-state index contributed by atoms with van der Waals surface area (Å²) in [6.07, 6.45) is -5.00. The van der Waals surface area contributed by atoms with E-state index in [1.54, 1.807) is 4.72 Å². The lowest BCUT2D eigenvalue weighted by Gasteiger charge is -2.14. The third kappa shape index (κ3) is 5.37. The first-order valence-electron chi connectivity index (χ1n) is 7.01. The largest absolute Gasteiger partial charge is 0.417 e. The van der Waals surface area contributed by atoms with Gasteiger partial charge in [0.15, 0.2) is 11.6 Å². The van der Waals surface area contributed by atoms with Crippen LogP contribution in [0.2, 0.25) is 5.02 Å². The van der Waals surface area contributed by atoms with Crippen molar-refractivity contribution in [3.63, 3.8) is 0 Å². The first kappa shape index (κ1) is 21.1. The molecule has 0 heterocycles. The van der Waals surface area contributed by atoms with Crippen molar-refractivity contribution < 1.29 is 35.2 Å². The molecule has 5 nitrogen and oxygen atoms in total. The van der Waals surface area contributed by atoms with Gasteiger partial charge in [0.2, 0.25) is 15.9 Å². The average molecular weight is 429 g/mol. The summed E-state index contributed by atoms with van der Waals surface area (Å²) in [4.78, 5) is 10.6. The monoisotopic (exact) mass is 428 g/mol. The van der Waals surface area contributed by atoms with E-state index in [2.05, 4.69) is 5.32 Å². The average Bonchev–Trinajstić information content (AvgIpc) is 2.55. The number of nitrogens with one attached hydrogen (secondary N) is 2. The van der Waals surface area contributed by atoms with Gasteiger partial charge in [0.05, 0.1) is 17.0 Å². The van der Waals surface area contributed by atoms with Gasteiger partial charge >= 0.3 is 6.18 Å². The molecule has 0 unspecified atom stereocenters. The van der Waals surface area contributed by atoms with E-state index in [0.29, 0.717) is 18.2 Å². The van der Waals surface area contributed by atoms with Crippen LogP contribution in [-0.2, 0) is 21.0 Å². The fourth-order valence-electron chi connectivity index (χ4n) is 1.98. The minimum Gasteiger partial charge on any atom is -0.325 e. The van der Waals surface area contributed by atoms with E-state index in [4.69, 9.17) is 11.6 Å². The second kappa shape index (κ2) is 7.79. The quantitative estimate of drug-likeness (QED) is 0.715. The zero-order chi connectivity index (χ0) is 20.4. The minimum absolute atomic E-state index is 0.166. The van der Waals surface area contributed by atoms with Crippen molar-refractivity contribution in [2.75, 3.05) is 11.9 Å². The van der Waals surface area contributed by atoms with Crippen LogP contribution in [0, 0.1) is 11.6 Å². The second-order valence-corrected chi connectivity index (χ2v) is 7.31. The summed E-state index contributed by atoms with van der Waals surface area (Å²) in [5.74, 6) is -3.41. The highest BCUT2D eigenvalue weighted by atomic mass is 35.5. The number of hydrogen-bond donors (Lipinski definition) is 2. The Morgan fingerprint density at radius 2 is 1.70 bits per heavy atom. The number of carbonyl (C=O) groups excluding carboxylic acids is 1. The summed E-state index contributed by atoms with van der Waals surface area (Å²) >= 11 is 5.48. The molecule has 0 radical (unpaired) electrons. The van der Waals surface area contributed by atoms with Gasteiger partial charge in [-0.25, -0.2) is 21.9 Å². The molecule has 0 spiro atoms. The van der Waals surface area contributed by atoms with Gasteiger partial charge in [0, 0.05) is 16.8 Å². The van der Waals surface area contributed by atoms with Gasteiger partial charge in [-0.15, -0.1) is 0 Å². The summed E-state index contributed by atoms with van der Waals surface area (Å²) in [7, 11) is -4.72. The van der Waals surface area contributed by atoms with Crippen LogP contribution < -0.4 is 10.0 Å². The molecule has 0 saturated carbocycles. The van der Waals surface area contributed by atoms with E-state index in [1.807, 2.05) is 0 Å². The summed E-state index contributed by atoms with van der Waals surface area (Å²) in [6, 6.07) is 4.46. The Kier molecular flexibility index (Phi) is 6.07. The van der Waals surface area contributed by atoms with E-state index in [-0.39, 0.29) is 10.7 Å². The molecule has 146 valence electrons. The van der Waals surface area contributed by atoms with Gasteiger partial charge < -0.3 is 5.32 Å². The number of benzene rings is 2. The highest BCUT2D eigenvalue weighted by Crippen LogP contribution is 2.35. The molecule has 0 bridgehead atoms. The first-order chi connectivity index (χ1) is 12.4. The van der Waals surface area contributed by atoms with Crippen LogP contribution in [0.3, 0.4) is 0 Å². The molecule has 0 aliphatic heterocycles. The van der Waals surface area contributed by atoms with E-state index in [1.165, 1.54) is 0 Å². The van der Waals surface area contributed by atoms with Crippen molar-refractivity contribution >= 4 is 33.2 Å². The zero-order valence-corrected chi connectivity index (χ0v) is 14.6. The minimum atomic E-state index is -5.00. The fourth-order valence-corrected chi connectivity index (χ4v) is 3.34. The van der Waals surface area contributed by atoms with E-state index in [0.717, 1.165) is 18.2 Å². The molecule has 27 heavy (non-hydrogen) atoms. The van der Waals surface area contributed by atoms with Crippen molar-refractivity contribution in [1.29, 1.82) is 0 Å². The molecule has 2 N–H and O–H groups in total. The maximum Gasteiger partial charge on any atom is 0.417 e. The van der Waals surface area contributed by atoms with Crippen LogP contribution in [-0.4, -0.2) is 20.9 Å². The maximum atomic E-state index is 13.1. The number of hydrogen-bond acceptors (Lipinski definition) is 3. The Labute approximate surface area is 155 Å². The van der Waals surface area contributed by atoms with Gasteiger partial charge in [-0.3, -0.25) is 4.79 Å². The highest BCUT2D eigenvalue weighted by Gasteiger charge is 2.37. The highest BCUT2D eigenvalue weighted by molar-refractivity contribution is 7.89. The topological polar surface area (TPSA) is 75.3 Å². The van der Waals surface area contributed by atoms with Gasteiger partial charge in [0.1, 0.15) is 0 Å². The van der Waals surface area contributed by atoms with E-state index in [9.17, 15) is 35.2 Å². The molecule has 0 fully saturated rings. The van der Waals surface area contributed by atoms with Crippen LogP contribution in [0.1, 0.15) is 5.56 Å². The predicted molar refractivity (Wildman–Crippen MR) is 86.6 cm³/mol. The normalized spacial score (nSPS) is 12.1. The summed E-state index contributed by atoms with van der Waals surface area (Å²) in [5.41, 5.74) is -1.66. The Morgan fingerprint density at radius 1 is 1.04 bits per heavy atom. The molecule has 0 aliphatic rings. The number of sulfonamides is 1. The Morgan fingerprint density at radius 3 is 2.30 bits per heavy atom. The predicted octanol–water partition coefficient (Wildman–Crippen LogP) is 3.55. The Hall–Kier alpha value is -2.24. The number of amides is 1. The number of carbonyl (C=O) groups is 1. The van der Waals surface area contributed by atoms with Gasteiger partial charge in [-0.1, -0.05) is 11.6 Å². The molecule has 12 heteroatoms. The summed E-state index contributed by atoms with van der Waals surface area (Å²) < 4.78 is 90.9. The molecule has 0 aromatic heterocycles. The molecular weight excluding hydrogens is 419 g/mol. The van der Waals surface area contributed by atoms with Crippen LogP contribution >= 0.6 is 11.6 Å². The van der Waals surface area contributed by atoms with Crippen LogP contribution in [0.15, 0.2) is 41.3 Å². The van der Waals surface area contributed by atoms with Crippen molar-refractivity contribution in [2.45, 2.75) is 11.1 Å². The lowest BCUT2D eigenvalue weighted by molar-refractivity contribution is -0.139. The SMILES string of the molecule is O=C(CNS(=O)(=O)c1ccc(Cl)cc1C(F)(F)F)Nc1ccc(F)c(F)c1. The number of halogens is 6. The third-order valence-corrected chi connectivity index (χ3v) is 4.86. The molecule has 2 aromatic carbocycles. The van der Waals surface area contributed by atoms with Crippen molar-refractivity contribution in [2.24, 2.45) is 0 Å². The second-order valence-electron chi connectivity index (χ2n) is 5.14. The lowest BCUT2D eigenvalue weighted by atomic mass is 10.2. The molecule has 0 atom stereocenters. The first-order valence-corrected chi connectivity index (χ1v) is 8.87. The third-order valence-electron chi connectivity index (χ3n) is 3.16. The Balaban J connectivity index is 2.15. The molecule has 0 saturated heterocycles. The van der Waals surface area contributed by atoms with Crippen molar-refractivity contribution in [3.05, 3.63) is 58.6 Å². The van der Waals surface area contributed by atoms with Crippen molar-refractivity contribution in [3.8, 4) is 0 Å². The van der Waals surface area contributed by atoms with E-state index >= 15 is 0 Å². The van der Waals surface area contributed by atoms with Crippen LogP contribution in [0.5, 0.6) is 0 Å². The molecular formula is C15H10ClF5N2O3S. The molecule has 2 rings (SSSR count). The van der Waals surface area contributed by atoms with Gasteiger partial charge in [0.25, 0.3) is 0 Å². The number of alkyl halides is 3. The fraction of sp³-hybridized carbons (Fsp3) is 0.133. The zero-order valence-electron chi connectivity index (χ0n) is 13.1. The lowest BCUT2D eigenvalue weighted by Crippen LogP contribution is -2.34. The number of anilines is 1. The smallest absolute Gasteiger partial charge is 0.325 e. The molecule has 1 amide bonds. The standard InChI is InChI=1S/C15H10ClF5N2O3S/c16-8-1-4-13(10(5-8)15(19,20)21)27(25,26)22-7-14(24)23-9-2-3-11(17)12(18)6-9/h1-6,22H,7H2,(H,23,24). The Bertz CT molecular complexity index is 980. The van der Waals surface area contributed by atoms with E-state index < -0.39 is 50.7 Å². The summed E-state index contributed by atoms with van der Waals surface area (Å²) in [6.45, 7) is -0.943. The van der Waals surface area contributed by atoms with Crippen molar-refractivity contribution in [1.82, 2.24) is 4.72 Å². The summed E-state index contributed by atoms with van der Waals surface area (Å²) in [5, 5.41) is 1.75. The van der Waals surface area contributed by atoms with Gasteiger partial charge in [-0.05, 0) is 30.3 Å². The molecule has 2 aromatic rings. The number of rotatable bonds is 5.